The van der Waals surface area contributed by atoms with E-state index in [-0.39, 0.29) is 24.3 Å². The zero-order valence-electron chi connectivity index (χ0n) is 13.8. The number of rotatable bonds is 7. The average molecular weight is 398 g/mol. The zero-order valence-corrected chi connectivity index (χ0v) is 15.4. The predicted molar refractivity (Wildman–Crippen MR) is 95.2 cm³/mol. The van der Waals surface area contributed by atoms with Crippen molar-refractivity contribution in [2.45, 2.75) is 38.0 Å². The molecule has 1 saturated heterocycles. The van der Waals surface area contributed by atoms with Gasteiger partial charge in [-0.15, -0.1) is 0 Å². The molecule has 1 aliphatic rings. The lowest BCUT2D eigenvalue weighted by Crippen LogP contribution is -2.38. The standard InChI is InChI=1S/C17H24BrN3O3/c1-21(11-12-4-2-3-5-14(12)18)16(22)8-9-20-17(23)15-7-6-13(10-19)24-15/h2-5,13,15H,6-11,19H2,1H3,(H,20,23)/t13-,15+/m1/s1. The number of nitrogens with zero attached hydrogens (tertiary/aromatic N) is 1. The summed E-state index contributed by atoms with van der Waals surface area (Å²) in [6.45, 7) is 1.27. The van der Waals surface area contributed by atoms with E-state index in [1.54, 1.807) is 11.9 Å². The first-order valence-corrected chi connectivity index (χ1v) is 8.91. The van der Waals surface area contributed by atoms with E-state index in [0.717, 1.165) is 16.5 Å². The topological polar surface area (TPSA) is 84.7 Å². The third-order valence-corrected chi connectivity index (χ3v) is 4.87. The second-order valence-electron chi connectivity index (χ2n) is 5.94. The van der Waals surface area contributed by atoms with Crippen LogP contribution in [0.4, 0.5) is 0 Å². The van der Waals surface area contributed by atoms with E-state index in [0.29, 0.717) is 26.1 Å². The van der Waals surface area contributed by atoms with Crippen LogP contribution in [0.2, 0.25) is 0 Å². The van der Waals surface area contributed by atoms with Crippen molar-refractivity contribution in [1.82, 2.24) is 10.2 Å². The molecule has 1 fully saturated rings. The number of nitrogens with two attached hydrogens (primary N) is 1. The lowest BCUT2D eigenvalue weighted by Gasteiger charge is -2.18. The molecule has 0 saturated carbocycles. The van der Waals surface area contributed by atoms with Gasteiger partial charge in [-0.1, -0.05) is 34.1 Å². The van der Waals surface area contributed by atoms with Gasteiger partial charge in [0.05, 0.1) is 6.10 Å². The van der Waals surface area contributed by atoms with E-state index in [1.165, 1.54) is 0 Å². The van der Waals surface area contributed by atoms with Crippen LogP contribution in [-0.4, -0.2) is 49.1 Å². The van der Waals surface area contributed by atoms with Gasteiger partial charge in [0, 0.05) is 37.6 Å². The molecule has 0 aromatic heterocycles. The highest BCUT2D eigenvalue weighted by Gasteiger charge is 2.29. The molecule has 1 aromatic rings. The second-order valence-corrected chi connectivity index (χ2v) is 6.80. The van der Waals surface area contributed by atoms with Crippen molar-refractivity contribution in [3.05, 3.63) is 34.3 Å². The quantitative estimate of drug-likeness (QED) is 0.728. The summed E-state index contributed by atoms with van der Waals surface area (Å²) < 4.78 is 6.51. The SMILES string of the molecule is CN(Cc1ccccc1Br)C(=O)CCNC(=O)[C@@H]1CC[C@H](CN)O1. The monoisotopic (exact) mass is 397 g/mol. The van der Waals surface area contributed by atoms with Crippen LogP contribution in [0.3, 0.4) is 0 Å². The number of amides is 2. The molecule has 0 radical (unpaired) electrons. The summed E-state index contributed by atoms with van der Waals surface area (Å²) in [5.41, 5.74) is 6.58. The Morgan fingerprint density at radius 3 is 2.79 bits per heavy atom. The van der Waals surface area contributed by atoms with Gasteiger partial charge in [0.15, 0.2) is 0 Å². The summed E-state index contributed by atoms with van der Waals surface area (Å²) in [7, 11) is 1.76. The van der Waals surface area contributed by atoms with Crippen molar-refractivity contribution >= 4 is 27.7 Å². The van der Waals surface area contributed by atoms with Crippen LogP contribution in [-0.2, 0) is 20.9 Å². The number of nitrogens with one attached hydrogen (secondary N) is 1. The molecule has 132 valence electrons. The van der Waals surface area contributed by atoms with E-state index < -0.39 is 6.10 Å². The summed E-state index contributed by atoms with van der Waals surface area (Å²) in [5, 5.41) is 2.77. The largest absolute Gasteiger partial charge is 0.364 e. The van der Waals surface area contributed by atoms with Crippen LogP contribution in [0.5, 0.6) is 0 Å². The molecule has 2 atom stereocenters. The summed E-state index contributed by atoms with van der Waals surface area (Å²) in [6.07, 6.45) is 1.29. The summed E-state index contributed by atoms with van der Waals surface area (Å²) in [4.78, 5) is 25.8. The van der Waals surface area contributed by atoms with Gasteiger partial charge in [0.25, 0.3) is 0 Å². The molecule has 0 bridgehead atoms. The maximum atomic E-state index is 12.2. The van der Waals surface area contributed by atoms with Gasteiger partial charge in [-0.3, -0.25) is 9.59 Å². The van der Waals surface area contributed by atoms with Gasteiger partial charge in [0.1, 0.15) is 6.10 Å². The Morgan fingerprint density at radius 2 is 2.12 bits per heavy atom. The average Bonchev–Trinajstić information content (AvgIpc) is 3.06. The van der Waals surface area contributed by atoms with Gasteiger partial charge in [-0.25, -0.2) is 0 Å². The minimum Gasteiger partial charge on any atom is -0.364 e. The highest BCUT2D eigenvalue weighted by atomic mass is 79.9. The van der Waals surface area contributed by atoms with Crippen LogP contribution in [0.25, 0.3) is 0 Å². The summed E-state index contributed by atoms with van der Waals surface area (Å²) in [6, 6.07) is 7.80. The number of carbonyl (C=O) groups is 2. The highest BCUT2D eigenvalue weighted by Crippen LogP contribution is 2.19. The number of carbonyl (C=O) groups excluding carboxylic acids is 2. The van der Waals surface area contributed by atoms with Gasteiger partial charge in [-0.2, -0.15) is 0 Å². The third kappa shape index (κ3) is 5.29. The molecule has 2 rings (SSSR count). The molecule has 1 aliphatic heterocycles. The van der Waals surface area contributed by atoms with E-state index in [9.17, 15) is 9.59 Å². The van der Waals surface area contributed by atoms with Gasteiger partial charge in [0.2, 0.25) is 11.8 Å². The Morgan fingerprint density at radius 1 is 1.38 bits per heavy atom. The van der Waals surface area contributed by atoms with Crippen molar-refractivity contribution in [1.29, 1.82) is 0 Å². The normalized spacial score (nSPS) is 20.0. The van der Waals surface area contributed by atoms with Crippen LogP contribution >= 0.6 is 15.9 Å². The van der Waals surface area contributed by atoms with Crippen LogP contribution in [0.15, 0.2) is 28.7 Å². The van der Waals surface area contributed by atoms with Crippen molar-refractivity contribution in [2.24, 2.45) is 5.73 Å². The fraction of sp³-hybridized carbons (Fsp3) is 0.529. The molecule has 0 unspecified atom stereocenters. The fourth-order valence-electron chi connectivity index (χ4n) is 2.64. The van der Waals surface area contributed by atoms with Crippen molar-refractivity contribution < 1.29 is 14.3 Å². The third-order valence-electron chi connectivity index (χ3n) is 4.09. The number of hydrogen-bond donors (Lipinski definition) is 2. The van der Waals surface area contributed by atoms with Gasteiger partial charge in [-0.05, 0) is 24.5 Å². The minimum absolute atomic E-state index is 0.0155. The Hall–Kier alpha value is -1.44. The molecular formula is C17H24BrN3O3. The first-order valence-electron chi connectivity index (χ1n) is 8.12. The molecule has 1 aromatic carbocycles. The van der Waals surface area contributed by atoms with E-state index >= 15 is 0 Å². The van der Waals surface area contributed by atoms with Gasteiger partial charge < -0.3 is 20.7 Å². The van der Waals surface area contributed by atoms with E-state index in [2.05, 4.69) is 21.2 Å². The number of hydrogen-bond acceptors (Lipinski definition) is 4. The fourth-order valence-corrected chi connectivity index (χ4v) is 3.05. The number of benzene rings is 1. The molecule has 3 N–H and O–H groups in total. The van der Waals surface area contributed by atoms with Crippen molar-refractivity contribution in [3.63, 3.8) is 0 Å². The Balaban J connectivity index is 1.71. The predicted octanol–water partition coefficient (Wildman–Crippen LogP) is 1.42. The molecule has 0 aliphatic carbocycles. The van der Waals surface area contributed by atoms with E-state index in [4.69, 9.17) is 10.5 Å². The first-order chi connectivity index (χ1) is 11.5. The first kappa shape index (κ1) is 18.9. The summed E-state index contributed by atoms with van der Waals surface area (Å²) >= 11 is 3.48. The number of ether oxygens (including phenoxy) is 1. The maximum absolute atomic E-state index is 12.2. The minimum atomic E-state index is -0.438. The van der Waals surface area contributed by atoms with Crippen LogP contribution in [0, 0.1) is 0 Å². The molecule has 6 nitrogen and oxygen atoms in total. The summed E-state index contributed by atoms with van der Waals surface area (Å²) in [5.74, 6) is -0.176. The van der Waals surface area contributed by atoms with Gasteiger partial charge >= 0.3 is 0 Å². The second kappa shape index (κ2) is 9.15. The molecule has 1 heterocycles. The molecule has 7 heteroatoms. The molecule has 2 amide bonds. The molecule has 0 spiro atoms. The number of halogens is 1. The Kier molecular flexibility index (Phi) is 7.20. The Labute approximate surface area is 150 Å². The highest BCUT2D eigenvalue weighted by molar-refractivity contribution is 9.10. The smallest absolute Gasteiger partial charge is 0.249 e. The maximum Gasteiger partial charge on any atom is 0.249 e. The lowest BCUT2D eigenvalue weighted by molar-refractivity contribution is -0.132. The van der Waals surface area contributed by atoms with Crippen molar-refractivity contribution in [2.75, 3.05) is 20.1 Å². The zero-order chi connectivity index (χ0) is 17.5. The lowest BCUT2D eigenvalue weighted by atomic mass is 10.2. The van der Waals surface area contributed by atoms with E-state index in [1.807, 2.05) is 24.3 Å². The molecule has 24 heavy (non-hydrogen) atoms. The van der Waals surface area contributed by atoms with Crippen LogP contribution < -0.4 is 11.1 Å². The van der Waals surface area contributed by atoms with Crippen molar-refractivity contribution in [3.8, 4) is 0 Å². The Bertz CT molecular complexity index is 582. The molecular weight excluding hydrogens is 374 g/mol. The van der Waals surface area contributed by atoms with Crippen LogP contribution in [0.1, 0.15) is 24.8 Å².